The largest absolute Gasteiger partial charge is 0.371 e. The van der Waals surface area contributed by atoms with Crippen molar-refractivity contribution in [1.82, 2.24) is 4.90 Å². The summed E-state index contributed by atoms with van der Waals surface area (Å²) < 4.78 is 6.92. The fraction of sp³-hybridized carbons (Fsp3) is 0.300. The van der Waals surface area contributed by atoms with Gasteiger partial charge in [-0.1, -0.05) is 40.2 Å². The molecule has 0 saturated carbocycles. The minimum Gasteiger partial charge on any atom is -0.371 e. The molecule has 5 nitrogen and oxygen atoms in total. The van der Waals surface area contributed by atoms with Gasteiger partial charge in [0, 0.05) is 30.5 Å². The van der Waals surface area contributed by atoms with Crippen LogP contribution in [-0.2, 0) is 9.53 Å². The van der Waals surface area contributed by atoms with Crippen molar-refractivity contribution in [2.45, 2.75) is 12.5 Å². The Morgan fingerprint density at radius 3 is 2.96 bits per heavy atom. The first kappa shape index (κ1) is 18.6. The molecular formula is C20H20BrN3O2. The van der Waals surface area contributed by atoms with Crippen molar-refractivity contribution >= 4 is 27.5 Å². The SMILES string of the molecule is N#Cc1ccccc1NC(=O)CCN1CCOC(c2cccc(Br)c2)C1. The minimum absolute atomic E-state index is 0.0172. The van der Waals surface area contributed by atoms with E-state index in [0.717, 1.165) is 23.1 Å². The van der Waals surface area contributed by atoms with E-state index in [1.54, 1.807) is 24.3 Å². The molecule has 2 aromatic rings. The standard InChI is InChI=1S/C20H20BrN3O2/c21-17-6-3-5-15(12-17)19-14-24(10-11-26-19)9-8-20(25)23-18-7-2-1-4-16(18)13-22/h1-7,12,19H,8-11,14H2,(H,23,25). The summed E-state index contributed by atoms with van der Waals surface area (Å²) in [4.78, 5) is 14.5. The summed E-state index contributed by atoms with van der Waals surface area (Å²) in [5.74, 6) is -0.0850. The Bertz CT molecular complexity index is 819. The Morgan fingerprint density at radius 2 is 2.15 bits per heavy atom. The zero-order valence-corrected chi connectivity index (χ0v) is 15.9. The number of ether oxygens (including phenoxy) is 1. The summed E-state index contributed by atoms with van der Waals surface area (Å²) in [6.07, 6.45) is 0.397. The van der Waals surface area contributed by atoms with Crippen molar-refractivity contribution in [2.24, 2.45) is 0 Å². The second-order valence-electron chi connectivity index (χ2n) is 6.17. The van der Waals surface area contributed by atoms with Gasteiger partial charge < -0.3 is 10.1 Å². The van der Waals surface area contributed by atoms with E-state index in [4.69, 9.17) is 10.00 Å². The predicted molar refractivity (Wildman–Crippen MR) is 104 cm³/mol. The zero-order chi connectivity index (χ0) is 18.4. The maximum atomic E-state index is 12.2. The molecule has 1 atom stereocenters. The van der Waals surface area contributed by atoms with E-state index >= 15 is 0 Å². The highest BCUT2D eigenvalue weighted by Gasteiger charge is 2.22. The lowest BCUT2D eigenvalue weighted by molar-refractivity contribution is -0.117. The van der Waals surface area contributed by atoms with Crippen LogP contribution in [0.1, 0.15) is 23.7 Å². The summed E-state index contributed by atoms with van der Waals surface area (Å²) in [5.41, 5.74) is 2.17. The highest BCUT2D eigenvalue weighted by Crippen LogP contribution is 2.24. The number of nitrogens with zero attached hydrogens (tertiary/aromatic N) is 2. The fourth-order valence-corrected chi connectivity index (χ4v) is 3.39. The Hall–Kier alpha value is -2.20. The molecule has 3 rings (SSSR count). The maximum absolute atomic E-state index is 12.2. The number of morpholine rings is 1. The summed E-state index contributed by atoms with van der Waals surface area (Å²) in [7, 11) is 0. The van der Waals surface area contributed by atoms with Crippen molar-refractivity contribution in [3.05, 3.63) is 64.1 Å². The van der Waals surface area contributed by atoms with Crippen LogP contribution in [0.3, 0.4) is 0 Å². The van der Waals surface area contributed by atoms with Crippen LogP contribution in [-0.4, -0.2) is 37.0 Å². The lowest BCUT2D eigenvalue weighted by Gasteiger charge is -2.33. The second kappa shape index (κ2) is 8.95. The molecule has 0 spiro atoms. The molecule has 1 saturated heterocycles. The molecule has 2 aromatic carbocycles. The number of nitriles is 1. The third kappa shape index (κ3) is 4.92. The van der Waals surface area contributed by atoms with Crippen LogP contribution in [0.15, 0.2) is 53.0 Å². The molecule has 1 unspecified atom stereocenters. The molecule has 0 radical (unpaired) electrons. The van der Waals surface area contributed by atoms with Gasteiger partial charge in [0.25, 0.3) is 0 Å². The zero-order valence-electron chi connectivity index (χ0n) is 14.3. The summed E-state index contributed by atoms with van der Waals surface area (Å²) in [6.45, 7) is 2.88. The van der Waals surface area contributed by atoms with E-state index in [2.05, 4.69) is 44.3 Å². The van der Waals surface area contributed by atoms with Crippen LogP contribution in [0, 0.1) is 11.3 Å². The first-order chi connectivity index (χ1) is 12.7. The number of carbonyl (C=O) groups excluding carboxylic acids is 1. The second-order valence-corrected chi connectivity index (χ2v) is 7.09. The number of para-hydroxylation sites is 1. The third-order valence-electron chi connectivity index (χ3n) is 4.35. The summed E-state index contributed by atoms with van der Waals surface area (Å²) >= 11 is 3.49. The smallest absolute Gasteiger partial charge is 0.225 e. The highest BCUT2D eigenvalue weighted by atomic mass is 79.9. The van der Waals surface area contributed by atoms with Gasteiger partial charge in [0.05, 0.1) is 24.0 Å². The van der Waals surface area contributed by atoms with Crippen molar-refractivity contribution in [3.63, 3.8) is 0 Å². The van der Waals surface area contributed by atoms with Gasteiger partial charge in [-0.15, -0.1) is 0 Å². The molecule has 0 aromatic heterocycles. The lowest BCUT2D eigenvalue weighted by Crippen LogP contribution is -2.39. The summed E-state index contributed by atoms with van der Waals surface area (Å²) in [6, 6.07) is 17.2. The fourth-order valence-electron chi connectivity index (χ4n) is 2.98. The van der Waals surface area contributed by atoms with E-state index in [1.165, 1.54) is 0 Å². The Labute approximate surface area is 161 Å². The number of benzene rings is 2. The van der Waals surface area contributed by atoms with Crippen LogP contribution in [0.4, 0.5) is 5.69 Å². The first-order valence-electron chi connectivity index (χ1n) is 8.54. The molecular weight excluding hydrogens is 394 g/mol. The van der Waals surface area contributed by atoms with E-state index in [9.17, 15) is 4.79 Å². The molecule has 1 amide bonds. The number of hydrogen-bond donors (Lipinski definition) is 1. The molecule has 6 heteroatoms. The van der Waals surface area contributed by atoms with Gasteiger partial charge in [-0.3, -0.25) is 9.69 Å². The molecule has 0 aliphatic carbocycles. The average molecular weight is 414 g/mol. The first-order valence-corrected chi connectivity index (χ1v) is 9.33. The van der Waals surface area contributed by atoms with Crippen LogP contribution < -0.4 is 5.32 Å². The van der Waals surface area contributed by atoms with Crippen molar-refractivity contribution in [3.8, 4) is 6.07 Å². The number of rotatable bonds is 5. The minimum atomic E-state index is -0.0850. The normalized spacial score (nSPS) is 17.5. The van der Waals surface area contributed by atoms with Gasteiger partial charge in [0.15, 0.2) is 0 Å². The Morgan fingerprint density at radius 1 is 1.31 bits per heavy atom. The number of hydrogen-bond acceptors (Lipinski definition) is 4. The van der Waals surface area contributed by atoms with Crippen LogP contribution in [0.25, 0.3) is 0 Å². The number of carbonyl (C=O) groups is 1. The number of amides is 1. The van der Waals surface area contributed by atoms with E-state index in [0.29, 0.717) is 30.8 Å². The highest BCUT2D eigenvalue weighted by molar-refractivity contribution is 9.10. The molecule has 1 fully saturated rings. The summed E-state index contributed by atoms with van der Waals surface area (Å²) in [5, 5.41) is 11.9. The monoisotopic (exact) mass is 413 g/mol. The lowest BCUT2D eigenvalue weighted by atomic mass is 10.1. The molecule has 1 aliphatic heterocycles. The van der Waals surface area contributed by atoms with Crippen LogP contribution in [0.2, 0.25) is 0 Å². The Kier molecular flexibility index (Phi) is 6.40. The van der Waals surface area contributed by atoms with Gasteiger partial charge in [-0.05, 0) is 29.8 Å². The third-order valence-corrected chi connectivity index (χ3v) is 4.84. The van der Waals surface area contributed by atoms with Gasteiger partial charge in [-0.25, -0.2) is 0 Å². The van der Waals surface area contributed by atoms with Crippen molar-refractivity contribution in [1.29, 1.82) is 5.26 Å². The molecule has 1 N–H and O–H groups in total. The van der Waals surface area contributed by atoms with Gasteiger partial charge in [0.1, 0.15) is 6.07 Å². The van der Waals surface area contributed by atoms with E-state index < -0.39 is 0 Å². The maximum Gasteiger partial charge on any atom is 0.225 e. The number of halogens is 1. The number of nitrogens with one attached hydrogen (secondary N) is 1. The topological polar surface area (TPSA) is 65.4 Å². The van der Waals surface area contributed by atoms with Crippen molar-refractivity contribution < 1.29 is 9.53 Å². The van der Waals surface area contributed by atoms with Gasteiger partial charge in [-0.2, -0.15) is 5.26 Å². The quantitative estimate of drug-likeness (QED) is 0.810. The van der Waals surface area contributed by atoms with Crippen molar-refractivity contribution in [2.75, 3.05) is 31.6 Å². The van der Waals surface area contributed by atoms with Crippen LogP contribution in [0.5, 0.6) is 0 Å². The van der Waals surface area contributed by atoms with E-state index in [-0.39, 0.29) is 12.0 Å². The predicted octanol–water partition coefficient (Wildman–Crippen LogP) is 3.72. The van der Waals surface area contributed by atoms with Crippen LogP contribution >= 0.6 is 15.9 Å². The molecule has 134 valence electrons. The van der Waals surface area contributed by atoms with Gasteiger partial charge >= 0.3 is 0 Å². The Balaban J connectivity index is 1.53. The number of anilines is 1. The molecule has 1 heterocycles. The molecule has 1 aliphatic rings. The van der Waals surface area contributed by atoms with E-state index in [1.807, 2.05) is 12.1 Å². The molecule has 26 heavy (non-hydrogen) atoms. The average Bonchev–Trinajstić information content (AvgIpc) is 2.67. The van der Waals surface area contributed by atoms with Gasteiger partial charge in [0.2, 0.25) is 5.91 Å². The molecule has 0 bridgehead atoms.